The van der Waals surface area contributed by atoms with Crippen molar-refractivity contribution in [3.05, 3.63) is 53.1 Å². The van der Waals surface area contributed by atoms with Crippen LogP contribution in [0.1, 0.15) is 36.0 Å². The largest absolute Gasteiger partial charge is 0.486 e. The van der Waals surface area contributed by atoms with Crippen molar-refractivity contribution < 1.29 is 14.3 Å². The number of carbonyl (C=O) groups excluding carboxylic acids is 1. The van der Waals surface area contributed by atoms with Crippen LogP contribution in [0.4, 0.5) is 5.69 Å². The monoisotopic (exact) mass is 309 g/mol. The molecule has 0 aliphatic carbocycles. The fraction of sp³-hybridized carbons (Fsp3) is 0.316. The molecule has 0 fully saturated rings. The molecule has 2 aliphatic heterocycles. The van der Waals surface area contributed by atoms with E-state index in [0.717, 1.165) is 29.0 Å². The van der Waals surface area contributed by atoms with Crippen molar-refractivity contribution in [3.63, 3.8) is 0 Å². The Kier molecular flexibility index (Phi) is 3.45. The van der Waals surface area contributed by atoms with Crippen molar-refractivity contribution in [3.8, 4) is 11.5 Å². The van der Waals surface area contributed by atoms with Crippen molar-refractivity contribution >= 4 is 11.6 Å². The standard InChI is InChI=1S/C19H19NO3/c1-2-12-3-5-13(6-4-12)14-10-19(21)20-16-11-18-17(9-15(14)16)22-7-8-23-18/h3-6,9,11,14H,2,7-8,10H2,1H3,(H,20,21)/t14-/m0/s1. The first-order valence-electron chi connectivity index (χ1n) is 8.07. The Balaban J connectivity index is 1.78. The minimum Gasteiger partial charge on any atom is -0.486 e. The normalized spacial score (nSPS) is 19.0. The number of ether oxygens (including phenoxy) is 2. The second-order valence-electron chi connectivity index (χ2n) is 5.98. The number of benzene rings is 2. The van der Waals surface area contributed by atoms with Crippen LogP contribution in [0.2, 0.25) is 0 Å². The van der Waals surface area contributed by atoms with Crippen molar-refractivity contribution in [2.75, 3.05) is 18.5 Å². The van der Waals surface area contributed by atoms with E-state index in [1.807, 2.05) is 12.1 Å². The van der Waals surface area contributed by atoms with E-state index in [1.165, 1.54) is 5.56 Å². The lowest BCUT2D eigenvalue weighted by Crippen LogP contribution is -2.24. The topological polar surface area (TPSA) is 47.6 Å². The van der Waals surface area contributed by atoms with Crippen LogP contribution in [-0.2, 0) is 11.2 Å². The maximum atomic E-state index is 12.1. The quantitative estimate of drug-likeness (QED) is 0.923. The van der Waals surface area contributed by atoms with Crippen LogP contribution < -0.4 is 14.8 Å². The van der Waals surface area contributed by atoms with Crippen LogP contribution in [0.5, 0.6) is 11.5 Å². The van der Waals surface area contributed by atoms with E-state index in [-0.39, 0.29) is 11.8 Å². The van der Waals surface area contributed by atoms with E-state index < -0.39 is 0 Å². The highest BCUT2D eigenvalue weighted by Crippen LogP contribution is 2.43. The van der Waals surface area contributed by atoms with Gasteiger partial charge < -0.3 is 14.8 Å². The molecule has 0 radical (unpaired) electrons. The maximum Gasteiger partial charge on any atom is 0.225 e. The molecule has 0 bridgehead atoms. The highest BCUT2D eigenvalue weighted by molar-refractivity contribution is 5.96. The first-order valence-corrected chi connectivity index (χ1v) is 8.07. The van der Waals surface area contributed by atoms with Crippen molar-refractivity contribution in [1.82, 2.24) is 0 Å². The number of amides is 1. The second-order valence-corrected chi connectivity index (χ2v) is 5.98. The van der Waals surface area contributed by atoms with Gasteiger partial charge in [-0.25, -0.2) is 0 Å². The summed E-state index contributed by atoms with van der Waals surface area (Å²) in [6.07, 6.45) is 1.47. The Morgan fingerprint density at radius 3 is 2.48 bits per heavy atom. The van der Waals surface area contributed by atoms with Gasteiger partial charge in [-0.05, 0) is 29.2 Å². The average Bonchev–Trinajstić information content (AvgIpc) is 2.59. The number of carbonyl (C=O) groups is 1. The lowest BCUT2D eigenvalue weighted by molar-refractivity contribution is -0.116. The first kappa shape index (κ1) is 14.1. The van der Waals surface area contributed by atoms with E-state index in [1.54, 1.807) is 0 Å². The molecule has 4 nitrogen and oxygen atoms in total. The Labute approximate surface area is 135 Å². The molecule has 2 aromatic carbocycles. The molecule has 0 unspecified atom stereocenters. The summed E-state index contributed by atoms with van der Waals surface area (Å²) in [6, 6.07) is 12.4. The molecule has 2 aromatic rings. The van der Waals surface area contributed by atoms with E-state index in [4.69, 9.17) is 9.47 Å². The number of anilines is 1. The number of rotatable bonds is 2. The van der Waals surface area contributed by atoms with E-state index in [0.29, 0.717) is 25.4 Å². The molecule has 0 saturated heterocycles. The summed E-state index contributed by atoms with van der Waals surface area (Å²) in [7, 11) is 0. The zero-order valence-electron chi connectivity index (χ0n) is 13.1. The highest BCUT2D eigenvalue weighted by Gasteiger charge is 2.29. The molecular weight excluding hydrogens is 290 g/mol. The van der Waals surface area contributed by atoms with Gasteiger partial charge in [0.25, 0.3) is 0 Å². The molecule has 2 heterocycles. The Morgan fingerprint density at radius 2 is 1.78 bits per heavy atom. The molecule has 1 amide bonds. The summed E-state index contributed by atoms with van der Waals surface area (Å²) in [4.78, 5) is 12.1. The number of nitrogens with one attached hydrogen (secondary N) is 1. The molecule has 0 saturated carbocycles. The third-order valence-corrected chi connectivity index (χ3v) is 4.54. The molecule has 118 valence electrons. The number of hydrogen-bond acceptors (Lipinski definition) is 3. The van der Waals surface area contributed by atoms with Crippen molar-refractivity contribution in [2.24, 2.45) is 0 Å². The first-order chi connectivity index (χ1) is 11.2. The smallest absolute Gasteiger partial charge is 0.225 e. The minimum atomic E-state index is 0.0405. The summed E-state index contributed by atoms with van der Waals surface area (Å²) in [6.45, 7) is 3.25. The lowest BCUT2D eigenvalue weighted by atomic mass is 9.84. The SMILES string of the molecule is CCc1ccc([C@@H]2CC(=O)Nc3cc4c(cc32)OCCO4)cc1. The van der Waals surface area contributed by atoms with E-state index in [2.05, 4.69) is 36.5 Å². The van der Waals surface area contributed by atoms with E-state index in [9.17, 15) is 4.79 Å². The molecule has 4 rings (SSSR count). The lowest BCUT2D eigenvalue weighted by Gasteiger charge is -2.29. The van der Waals surface area contributed by atoms with Crippen LogP contribution in [0.25, 0.3) is 0 Å². The van der Waals surface area contributed by atoms with Crippen LogP contribution in [-0.4, -0.2) is 19.1 Å². The van der Waals surface area contributed by atoms with Crippen LogP contribution in [0.15, 0.2) is 36.4 Å². The third-order valence-electron chi connectivity index (χ3n) is 4.54. The summed E-state index contributed by atoms with van der Waals surface area (Å²) in [5, 5.41) is 2.96. The molecule has 0 aromatic heterocycles. The number of hydrogen-bond donors (Lipinski definition) is 1. The maximum absolute atomic E-state index is 12.1. The summed E-state index contributed by atoms with van der Waals surface area (Å²) in [5.74, 6) is 1.57. The van der Waals surface area contributed by atoms with Gasteiger partial charge in [-0.1, -0.05) is 31.2 Å². The summed E-state index contributed by atoms with van der Waals surface area (Å²) in [5.41, 5.74) is 4.39. The number of fused-ring (bicyclic) bond motifs is 2. The van der Waals surface area contributed by atoms with Gasteiger partial charge in [0.15, 0.2) is 11.5 Å². The van der Waals surface area contributed by atoms with Gasteiger partial charge in [-0.3, -0.25) is 4.79 Å². The van der Waals surface area contributed by atoms with Gasteiger partial charge in [0.05, 0.1) is 0 Å². The average molecular weight is 309 g/mol. The summed E-state index contributed by atoms with van der Waals surface area (Å²) >= 11 is 0. The predicted octanol–water partition coefficient (Wildman–Crippen LogP) is 3.49. The van der Waals surface area contributed by atoms with Gasteiger partial charge in [0.1, 0.15) is 13.2 Å². The fourth-order valence-electron chi connectivity index (χ4n) is 3.28. The number of aryl methyl sites for hydroxylation is 1. The highest BCUT2D eigenvalue weighted by atomic mass is 16.6. The molecule has 4 heteroatoms. The Bertz CT molecular complexity index is 752. The molecule has 23 heavy (non-hydrogen) atoms. The van der Waals surface area contributed by atoms with Gasteiger partial charge >= 0.3 is 0 Å². The zero-order valence-corrected chi connectivity index (χ0v) is 13.1. The molecule has 1 atom stereocenters. The molecule has 2 aliphatic rings. The van der Waals surface area contributed by atoms with Gasteiger partial charge in [-0.15, -0.1) is 0 Å². The van der Waals surface area contributed by atoms with E-state index >= 15 is 0 Å². The second kappa shape index (κ2) is 5.61. The van der Waals surface area contributed by atoms with Crippen LogP contribution in [0, 0.1) is 0 Å². The molecule has 1 N–H and O–H groups in total. The third kappa shape index (κ3) is 2.54. The predicted molar refractivity (Wildman–Crippen MR) is 88.3 cm³/mol. The van der Waals surface area contributed by atoms with Crippen LogP contribution >= 0.6 is 0 Å². The Hall–Kier alpha value is -2.49. The molecular formula is C19H19NO3. The van der Waals surface area contributed by atoms with Gasteiger partial charge in [0.2, 0.25) is 5.91 Å². The fourth-order valence-corrected chi connectivity index (χ4v) is 3.28. The van der Waals surface area contributed by atoms with Crippen molar-refractivity contribution in [1.29, 1.82) is 0 Å². The molecule has 0 spiro atoms. The van der Waals surface area contributed by atoms with Crippen molar-refractivity contribution in [2.45, 2.75) is 25.7 Å². The van der Waals surface area contributed by atoms with Crippen LogP contribution in [0.3, 0.4) is 0 Å². The minimum absolute atomic E-state index is 0.0405. The Morgan fingerprint density at radius 1 is 1.09 bits per heavy atom. The van der Waals surface area contributed by atoms with Gasteiger partial charge in [-0.2, -0.15) is 0 Å². The summed E-state index contributed by atoms with van der Waals surface area (Å²) < 4.78 is 11.3. The van der Waals surface area contributed by atoms with Gasteiger partial charge in [0, 0.05) is 24.1 Å². The zero-order chi connectivity index (χ0) is 15.8.